The second-order valence-electron chi connectivity index (χ2n) is 3.20. The Kier molecular flexibility index (Phi) is 3.21. The summed E-state index contributed by atoms with van der Waals surface area (Å²) in [4.78, 5) is 0. The fourth-order valence-corrected chi connectivity index (χ4v) is 1.02. The maximum Gasteiger partial charge on any atom is 0.118 e. The molecule has 0 aliphatic heterocycles. The van der Waals surface area contributed by atoms with E-state index in [1.807, 2.05) is 38.1 Å². The van der Waals surface area contributed by atoms with Crippen LogP contribution in [0.3, 0.4) is 0 Å². The third-order valence-electron chi connectivity index (χ3n) is 1.81. The van der Waals surface area contributed by atoms with Crippen LogP contribution >= 0.6 is 0 Å². The highest BCUT2D eigenvalue weighted by molar-refractivity contribution is 5.26. The van der Waals surface area contributed by atoms with Crippen molar-refractivity contribution in [1.29, 1.82) is 0 Å². The quantitative estimate of drug-likeness (QED) is 0.767. The largest absolute Gasteiger partial charge is 0.497 e. The number of hydrogen-bond donors (Lipinski definition) is 1. The number of benzene rings is 1. The Morgan fingerprint density at radius 1 is 1.38 bits per heavy atom. The average molecular weight is 180 g/mol. The Balaban J connectivity index is 2.52. The minimum atomic E-state index is -0.583. The topological polar surface area (TPSA) is 21.3 Å². The molecule has 0 saturated heterocycles. The zero-order chi connectivity index (χ0) is 10.6. The monoisotopic (exact) mass is 180 g/mol. The van der Waals surface area contributed by atoms with Gasteiger partial charge in [0.2, 0.25) is 0 Å². The standard InChI is InChI=1S/C11H17NO/c1-9(2)12-8-10-4-6-11(13-3)7-5-10/h4-7,9,12H,8H2,1-3H3/i9D. The normalized spacial score (nSPS) is 12.4. The lowest BCUT2D eigenvalue weighted by Gasteiger charge is -2.08. The van der Waals surface area contributed by atoms with Crippen LogP contribution < -0.4 is 10.1 Å². The second-order valence-corrected chi connectivity index (χ2v) is 3.20. The highest BCUT2D eigenvalue weighted by Crippen LogP contribution is 2.10. The van der Waals surface area contributed by atoms with Crippen LogP contribution in [0.2, 0.25) is 0 Å². The molecule has 0 atom stereocenters. The minimum absolute atomic E-state index is 0.583. The van der Waals surface area contributed by atoms with Gasteiger partial charge < -0.3 is 10.1 Å². The first kappa shape index (κ1) is 8.57. The summed E-state index contributed by atoms with van der Waals surface area (Å²) in [5.74, 6) is 0.860. The van der Waals surface area contributed by atoms with E-state index in [4.69, 9.17) is 6.11 Å². The summed E-state index contributed by atoms with van der Waals surface area (Å²) >= 11 is 0. The molecule has 0 amide bonds. The molecular weight excluding hydrogens is 162 g/mol. The molecule has 0 aromatic heterocycles. The molecule has 1 N–H and O–H groups in total. The molecule has 13 heavy (non-hydrogen) atoms. The Morgan fingerprint density at radius 3 is 2.46 bits per heavy atom. The highest BCUT2D eigenvalue weighted by Gasteiger charge is 1.95. The van der Waals surface area contributed by atoms with Gasteiger partial charge >= 0.3 is 0 Å². The first-order chi connectivity index (χ1) is 6.51. The van der Waals surface area contributed by atoms with Gasteiger partial charge in [0, 0.05) is 13.9 Å². The van der Waals surface area contributed by atoms with Crippen molar-refractivity contribution in [2.75, 3.05) is 7.11 Å². The van der Waals surface area contributed by atoms with Crippen molar-refractivity contribution in [3.05, 3.63) is 29.8 Å². The molecule has 1 aromatic carbocycles. The van der Waals surface area contributed by atoms with Gasteiger partial charge in [-0.05, 0) is 17.7 Å². The number of nitrogens with one attached hydrogen (secondary N) is 1. The molecular formula is C11H17NO. The van der Waals surface area contributed by atoms with E-state index < -0.39 is 6.02 Å². The molecule has 0 heterocycles. The lowest BCUT2D eigenvalue weighted by Crippen LogP contribution is -2.21. The average Bonchev–Trinajstić information content (AvgIpc) is 2.14. The molecule has 0 fully saturated rings. The SMILES string of the molecule is [2H]C(C)(C)NCc1ccc(OC)cc1. The Hall–Kier alpha value is -1.02. The number of methoxy groups -OCH3 is 1. The Bertz CT molecular complexity index is 276. The van der Waals surface area contributed by atoms with Gasteiger partial charge in [-0.2, -0.15) is 0 Å². The van der Waals surface area contributed by atoms with E-state index in [1.54, 1.807) is 7.11 Å². The second kappa shape index (κ2) is 4.87. The molecule has 0 bridgehead atoms. The van der Waals surface area contributed by atoms with Crippen molar-refractivity contribution >= 4 is 0 Å². The van der Waals surface area contributed by atoms with E-state index in [2.05, 4.69) is 5.32 Å². The number of hydrogen-bond acceptors (Lipinski definition) is 2. The van der Waals surface area contributed by atoms with E-state index in [-0.39, 0.29) is 0 Å². The van der Waals surface area contributed by atoms with Crippen molar-refractivity contribution in [3.8, 4) is 5.75 Å². The fourth-order valence-electron chi connectivity index (χ4n) is 1.02. The zero-order valence-electron chi connectivity index (χ0n) is 9.42. The predicted octanol–water partition coefficient (Wildman–Crippen LogP) is 2.19. The molecule has 0 unspecified atom stereocenters. The molecule has 72 valence electrons. The van der Waals surface area contributed by atoms with Crippen LogP contribution in [0, 0.1) is 0 Å². The van der Waals surface area contributed by atoms with E-state index in [0.29, 0.717) is 6.54 Å². The minimum Gasteiger partial charge on any atom is -0.497 e. The lowest BCUT2D eigenvalue weighted by molar-refractivity contribution is 0.414. The van der Waals surface area contributed by atoms with E-state index >= 15 is 0 Å². The van der Waals surface area contributed by atoms with Crippen molar-refractivity contribution in [1.82, 2.24) is 5.32 Å². The van der Waals surface area contributed by atoms with Gasteiger partial charge in [0.15, 0.2) is 0 Å². The maximum atomic E-state index is 7.62. The van der Waals surface area contributed by atoms with Gasteiger partial charge in [-0.25, -0.2) is 0 Å². The van der Waals surface area contributed by atoms with Crippen LogP contribution in [0.5, 0.6) is 5.75 Å². The summed E-state index contributed by atoms with van der Waals surface area (Å²) in [6.45, 7) is 4.37. The molecule has 0 radical (unpaired) electrons. The predicted molar refractivity (Wildman–Crippen MR) is 55.0 cm³/mol. The van der Waals surface area contributed by atoms with Crippen molar-refractivity contribution in [2.45, 2.75) is 26.4 Å². The summed E-state index contributed by atoms with van der Waals surface area (Å²) in [7, 11) is 1.65. The summed E-state index contributed by atoms with van der Waals surface area (Å²) in [5.41, 5.74) is 1.16. The van der Waals surface area contributed by atoms with Crippen LogP contribution in [0.1, 0.15) is 20.8 Å². The van der Waals surface area contributed by atoms with Crippen molar-refractivity contribution in [2.24, 2.45) is 0 Å². The zero-order valence-corrected chi connectivity index (χ0v) is 8.42. The van der Waals surface area contributed by atoms with Gasteiger partial charge in [0.1, 0.15) is 5.75 Å². The molecule has 1 aromatic rings. The molecule has 2 nitrogen and oxygen atoms in total. The third-order valence-corrected chi connectivity index (χ3v) is 1.81. The summed E-state index contributed by atoms with van der Waals surface area (Å²) in [6, 6.07) is 7.26. The third kappa shape index (κ3) is 3.47. The summed E-state index contributed by atoms with van der Waals surface area (Å²) < 4.78 is 12.7. The van der Waals surface area contributed by atoms with Crippen LogP contribution in [0.4, 0.5) is 0 Å². The van der Waals surface area contributed by atoms with Gasteiger partial charge in [0.25, 0.3) is 0 Å². The Labute approximate surface area is 81.3 Å². The molecule has 0 saturated carbocycles. The van der Waals surface area contributed by atoms with Gasteiger partial charge in [-0.15, -0.1) is 0 Å². The molecule has 0 aliphatic rings. The van der Waals surface area contributed by atoms with E-state index in [9.17, 15) is 0 Å². The van der Waals surface area contributed by atoms with Crippen LogP contribution in [-0.4, -0.2) is 13.1 Å². The van der Waals surface area contributed by atoms with Gasteiger partial charge in [-0.3, -0.25) is 0 Å². The summed E-state index contributed by atoms with van der Waals surface area (Å²) in [6.07, 6.45) is 0. The van der Waals surface area contributed by atoms with Crippen molar-refractivity contribution < 1.29 is 6.11 Å². The van der Waals surface area contributed by atoms with Crippen molar-refractivity contribution in [3.63, 3.8) is 0 Å². The number of ether oxygens (including phenoxy) is 1. The summed E-state index contributed by atoms with van der Waals surface area (Å²) in [5, 5.41) is 3.10. The maximum absolute atomic E-state index is 7.62. The first-order valence-electron chi connectivity index (χ1n) is 4.89. The molecule has 0 aliphatic carbocycles. The smallest absolute Gasteiger partial charge is 0.118 e. The lowest BCUT2D eigenvalue weighted by atomic mass is 10.2. The van der Waals surface area contributed by atoms with Gasteiger partial charge in [0.05, 0.1) is 7.11 Å². The fraction of sp³-hybridized carbons (Fsp3) is 0.455. The highest BCUT2D eigenvalue weighted by atomic mass is 16.5. The first-order valence-corrected chi connectivity index (χ1v) is 4.39. The van der Waals surface area contributed by atoms with E-state index in [0.717, 1.165) is 11.3 Å². The van der Waals surface area contributed by atoms with Crippen LogP contribution in [0.15, 0.2) is 24.3 Å². The van der Waals surface area contributed by atoms with Crippen LogP contribution in [-0.2, 0) is 6.54 Å². The Morgan fingerprint density at radius 2 is 2.00 bits per heavy atom. The molecule has 2 heteroatoms. The number of rotatable bonds is 4. The molecule has 0 spiro atoms. The molecule has 1 rings (SSSR count). The van der Waals surface area contributed by atoms with E-state index in [1.165, 1.54) is 0 Å². The van der Waals surface area contributed by atoms with Crippen LogP contribution in [0.25, 0.3) is 0 Å². The van der Waals surface area contributed by atoms with Gasteiger partial charge in [-0.1, -0.05) is 26.0 Å².